The van der Waals surface area contributed by atoms with E-state index >= 15 is 0 Å². The van der Waals surface area contributed by atoms with E-state index < -0.39 is 5.97 Å². The number of esters is 1. The van der Waals surface area contributed by atoms with Crippen molar-refractivity contribution in [2.24, 2.45) is 5.92 Å². The minimum atomic E-state index is -0.520. The van der Waals surface area contributed by atoms with Crippen molar-refractivity contribution in [2.45, 2.75) is 13.8 Å². The van der Waals surface area contributed by atoms with E-state index in [1.165, 1.54) is 19.2 Å². The zero-order valence-electron chi connectivity index (χ0n) is 13.9. The van der Waals surface area contributed by atoms with Crippen LogP contribution in [0, 0.1) is 17.2 Å². The highest BCUT2D eigenvalue weighted by atomic mass is 16.6. The Morgan fingerprint density at radius 1 is 1.17 bits per heavy atom. The van der Waals surface area contributed by atoms with Gasteiger partial charge in [-0.3, -0.25) is 0 Å². The van der Waals surface area contributed by atoms with Gasteiger partial charge in [-0.2, -0.15) is 5.26 Å². The first-order valence-electron chi connectivity index (χ1n) is 7.56. The number of ether oxygens (including phenoxy) is 3. The van der Waals surface area contributed by atoms with E-state index in [1.807, 2.05) is 6.07 Å². The van der Waals surface area contributed by atoms with Crippen LogP contribution in [-0.2, 0) is 0 Å². The van der Waals surface area contributed by atoms with Crippen LogP contribution >= 0.6 is 0 Å². The van der Waals surface area contributed by atoms with Gasteiger partial charge in [0.25, 0.3) is 0 Å². The van der Waals surface area contributed by atoms with Gasteiger partial charge in [-0.05, 0) is 36.2 Å². The predicted molar refractivity (Wildman–Crippen MR) is 89.4 cm³/mol. The lowest BCUT2D eigenvalue weighted by Gasteiger charge is -2.11. The Bertz CT molecular complexity index is 762. The van der Waals surface area contributed by atoms with Crippen LogP contribution < -0.4 is 14.2 Å². The van der Waals surface area contributed by atoms with Gasteiger partial charge in [0.05, 0.1) is 30.9 Å². The van der Waals surface area contributed by atoms with E-state index in [9.17, 15) is 4.79 Å². The van der Waals surface area contributed by atoms with Gasteiger partial charge in [0.1, 0.15) is 5.75 Å². The molecule has 0 unspecified atom stereocenters. The Hall–Kier alpha value is -3.00. The summed E-state index contributed by atoms with van der Waals surface area (Å²) in [6, 6.07) is 13.4. The van der Waals surface area contributed by atoms with Crippen LogP contribution in [0.2, 0.25) is 0 Å². The Kier molecular flexibility index (Phi) is 5.80. The molecule has 2 aromatic rings. The third-order valence-corrected chi connectivity index (χ3v) is 3.15. The molecule has 5 nitrogen and oxygen atoms in total. The van der Waals surface area contributed by atoms with E-state index in [-0.39, 0.29) is 5.75 Å². The number of nitrogens with zero attached hydrogens (tertiary/aromatic N) is 1. The lowest BCUT2D eigenvalue weighted by atomic mass is 10.2. The summed E-state index contributed by atoms with van der Waals surface area (Å²) < 4.78 is 16.1. The molecular weight excluding hydrogens is 306 g/mol. The maximum atomic E-state index is 12.3. The maximum absolute atomic E-state index is 12.3. The molecule has 24 heavy (non-hydrogen) atoms. The standard InChI is InChI=1S/C19H19NO4/c1-13(2)12-23-16-6-4-5-15(10-16)19(21)24-17-8-7-14(11-20)9-18(17)22-3/h4-10,13H,12H2,1-3H3. The Morgan fingerprint density at radius 3 is 2.62 bits per heavy atom. The van der Waals surface area contributed by atoms with Gasteiger partial charge >= 0.3 is 5.97 Å². The quantitative estimate of drug-likeness (QED) is 0.596. The molecule has 0 heterocycles. The molecule has 0 aromatic heterocycles. The van der Waals surface area contributed by atoms with Crippen molar-refractivity contribution in [3.05, 3.63) is 53.6 Å². The monoisotopic (exact) mass is 325 g/mol. The number of benzene rings is 2. The van der Waals surface area contributed by atoms with Crippen molar-refractivity contribution in [3.63, 3.8) is 0 Å². The lowest BCUT2D eigenvalue weighted by molar-refractivity contribution is 0.0729. The zero-order chi connectivity index (χ0) is 17.5. The third kappa shape index (κ3) is 4.50. The van der Waals surface area contributed by atoms with Gasteiger partial charge in [-0.1, -0.05) is 19.9 Å². The largest absolute Gasteiger partial charge is 0.493 e. The normalized spacial score (nSPS) is 10.1. The number of hydrogen-bond donors (Lipinski definition) is 0. The lowest BCUT2D eigenvalue weighted by Crippen LogP contribution is -2.10. The molecule has 0 radical (unpaired) electrons. The first-order chi connectivity index (χ1) is 11.5. The van der Waals surface area contributed by atoms with Gasteiger partial charge in [-0.25, -0.2) is 4.79 Å². The summed E-state index contributed by atoms with van der Waals surface area (Å²) >= 11 is 0. The van der Waals surface area contributed by atoms with Gasteiger partial charge in [0.2, 0.25) is 0 Å². The fourth-order valence-electron chi connectivity index (χ4n) is 1.96. The molecule has 0 aliphatic heterocycles. The first kappa shape index (κ1) is 17.4. The number of carbonyl (C=O) groups is 1. The summed E-state index contributed by atoms with van der Waals surface area (Å²) in [6.45, 7) is 4.67. The molecule has 2 aromatic carbocycles. The number of rotatable bonds is 6. The summed E-state index contributed by atoms with van der Waals surface area (Å²) in [5, 5.41) is 8.90. The highest BCUT2D eigenvalue weighted by molar-refractivity contribution is 5.91. The molecular formula is C19H19NO4. The van der Waals surface area contributed by atoms with E-state index in [2.05, 4.69) is 13.8 Å². The topological polar surface area (TPSA) is 68.5 Å². The fraction of sp³-hybridized carbons (Fsp3) is 0.263. The smallest absolute Gasteiger partial charge is 0.343 e. The van der Waals surface area contributed by atoms with E-state index in [1.54, 1.807) is 30.3 Å². The van der Waals surface area contributed by atoms with Crippen molar-refractivity contribution in [3.8, 4) is 23.3 Å². The van der Waals surface area contributed by atoms with Crippen molar-refractivity contribution in [1.82, 2.24) is 0 Å². The molecule has 0 amide bonds. The maximum Gasteiger partial charge on any atom is 0.343 e. The molecule has 5 heteroatoms. The highest BCUT2D eigenvalue weighted by Crippen LogP contribution is 2.29. The number of methoxy groups -OCH3 is 1. The predicted octanol–water partition coefficient (Wildman–Crippen LogP) is 3.82. The SMILES string of the molecule is COc1cc(C#N)ccc1OC(=O)c1cccc(OCC(C)C)c1. The van der Waals surface area contributed by atoms with Crippen molar-refractivity contribution >= 4 is 5.97 Å². The second-order valence-corrected chi connectivity index (χ2v) is 5.60. The highest BCUT2D eigenvalue weighted by Gasteiger charge is 2.14. The Balaban J connectivity index is 2.15. The molecule has 0 fully saturated rings. The van der Waals surface area contributed by atoms with Gasteiger partial charge in [0, 0.05) is 6.07 Å². The van der Waals surface area contributed by atoms with Gasteiger partial charge in [0.15, 0.2) is 11.5 Å². The zero-order valence-corrected chi connectivity index (χ0v) is 13.9. The summed E-state index contributed by atoms with van der Waals surface area (Å²) in [4.78, 5) is 12.3. The second-order valence-electron chi connectivity index (χ2n) is 5.60. The van der Waals surface area contributed by atoms with Crippen LogP contribution in [0.3, 0.4) is 0 Å². The minimum Gasteiger partial charge on any atom is -0.493 e. The summed E-state index contributed by atoms with van der Waals surface area (Å²) in [5.41, 5.74) is 0.804. The van der Waals surface area contributed by atoms with E-state index in [0.29, 0.717) is 35.2 Å². The molecule has 0 bridgehead atoms. The van der Waals surface area contributed by atoms with Crippen LogP contribution in [0.15, 0.2) is 42.5 Å². The fourth-order valence-corrected chi connectivity index (χ4v) is 1.96. The van der Waals surface area contributed by atoms with Crippen LogP contribution in [0.4, 0.5) is 0 Å². The number of carbonyl (C=O) groups excluding carboxylic acids is 1. The third-order valence-electron chi connectivity index (χ3n) is 3.15. The second kappa shape index (κ2) is 8.02. The molecule has 2 rings (SSSR count). The molecule has 0 aliphatic rings. The Morgan fingerprint density at radius 2 is 1.96 bits per heavy atom. The average molecular weight is 325 g/mol. The van der Waals surface area contributed by atoms with Crippen LogP contribution in [0.25, 0.3) is 0 Å². The Labute approximate surface area is 141 Å². The van der Waals surface area contributed by atoms with Crippen LogP contribution in [0.5, 0.6) is 17.2 Å². The average Bonchev–Trinajstić information content (AvgIpc) is 2.60. The van der Waals surface area contributed by atoms with Crippen LogP contribution in [0.1, 0.15) is 29.8 Å². The molecule has 124 valence electrons. The summed E-state index contributed by atoms with van der Waals surface area (Å²) in [6.07, 6.45) is 0. The number of hydrogen-bond acceptors (Lipinski definition) is 5. The van der Waals surface area contributed by atoms with Crippen molar-refractivity contribution in [1.29, 1.82) is 5.26 Å². The molecule has 0 N–H and O–H groups in total. The van der Waals surface area contributed by atoms with Crippen LogP contribution in [-0.4, -0.2) is 19.7 Å². The molecule has 0 saturated carbocycles. The summed E-state index contributed by atoms with van der Waals surface area (Å²) in [5.74, 6) is 1.08. The minimum absolute atomic E-state index is 0.259. The van der Waals surface area contributed by atoms with Crippen molar-refractivity contribution in [2.75, 3.05) is 13.7 Å². The molecule has 0 aliphatic carbocycles. The summed E-state index contributed by atoms with van der Waals surface area (Å²) in [7, 11) is 1.45. The molecule has 0 atom stereocenters. The number of nitriles is 1. The first-order valence-corrected chi connectivity index (χ1v) is 7.56. The van der Waals surface area contributed by atoms with Gasteiger partial charge < -0.3 is 14.2 Å². The van der Waals surface area contributed by atoms with Crippen molar-refractivity contribution < 1.29 is 19.0 Å². The molecule has 0 spiro atoms. The van der Waals surface area contributed by atoms with Gasteiger partial charge in [-0.15, -0.1) is 0 Å². The molecule has 0 saturated heterocycles. The van der Waals surface area contributed by atoms with E-state index in [0.717, 1.165) is 0 Å². The van der Waals surface area contributed by atoms with E-state index in [4.69, 9.17) is 19.5 Å².